The van der Waals surface area contributed by atoms with Crippen LogP contribution < -0.4 is 0 Å². The van der Waals surface area contributed by atoms with Crippen molar-refractivity contribution in [3.8, 4) is 0 Å². The highest BCUT2D eigenvalue weighted by molar-refractivity contribution is 7.21. The minimum absolute atomic E-state index is 0.185. The van der Waals surface area contributed by atoms with E-state index >= 15 is 0 Å². The molecule has 0 saturated carbocycles. The first-order valence-corrected chi connectivity index (χ1v) is 3.82. The molecule has 0 fully saturated rings. The molecule has 8 heavy (non-hydrogen) atoms. The SMILES string of the molecule is C/C(=C\P)C(=O)CP. The van der Waals surface area contributed by atoms with Gasteiger partial charge >= 0.3 is 0 Å². The van der Waals surface area contributed by atoms with E-state index < -0.39 is 0 Å². The quantitative estimate of drug-likeness (QED) is 0.425. The van der Waals surface area contributed by atoms with Gasteiger partial charge in [0, 0.05) is 6.16 Å². The van der Waals surface area contributed by atoms with Gasteiger partial charge in [0.1, 0.15) is 0 Å². The number of hydrogen-bond acceptors (Lipinski definition) is 1. The lowest BCUT2D eigenvalue weighted by molar-refractivity contribution is -0.113. The van der Waals surface area contributed by atoms with E-state index in [0.717, 1.165) is 5.57 Å². The number of carbonyl (C=O) groups excluding carboxylic acids is 1. The van der Waals surface area contributed by atoms with Crippen molar-refractivity contribution in [2.45, 2.75) is 6.92 Å². The first kappa shape index (κ1) is 8.27. The van der Waals surface area contributed by atoms with Crippen LogP contribution in [0.15, 0.2) is 11.4 Å². The van der Waals surface area contributed by atoms with Gasteiger partial charge in [0.05, 0.1) is 0 Å². The number of hydrogen-bond donors (Lipinski definition) is 0. The number of Topliss-reactive ketones (excluding diaryl/α,β-unsaturated/α-hetero) is 1. The Hall–Kier alpha value is 0.270. The maximum Gasteiger partial charge on any atom is 0.162 e. The average molecular weight is 148 g/mol. The zero-order valence-electron chi connectivity index (χ0n) is 4.85. The topological polar surface area (TPSA) is 17.1 Å². The maximum atomic E-state index is 10.6. The molecule has 1 nitrogen and oxygen atoms in total. The third-order valence-corrected chi connectivity index (χ3v) is 1.75. The Morgan fingerprint density at radius 3 is 2.38 bits per heavy atom. The fourth-order valence-corrected chi connectivity index (χ4v) is 0.762. The summed E-state index contributed by atoms with van der Waals surface area (Å²) in [6.07, 6.45) is 0.525. The molecular weight excluding hydrogens is 138 g/mol. The second kappa shape index (κ2) is 4.18. The van der Waals surface area contributed by atoms with Gasteiger partial charge in [-0.25, -0.2) is 0 Å². The monoisotopic (exact) mass is 148 g/mol. The van der Waals surface area contributed by atoms with Gasteiger partial charge in [-0.05, 0) is 12.5 Å². The van der Waals surface area contributed by atoms with E-state index in [2.05, 4.69) is 18.5 Å². The zero-order valence-corrected chi connectivity index (χ0v) is 7.16. The van der Waals surface area contributed by atoms with Crippen LogP contribution >= 0.6 is 18.5 Å². The van der Waals surface area contributed by atoms with Gasteiger partial charge < -0.3 is 0 Å². The summed E-state index contributed by atoms with van der Waals surface area (Å²) < 4.78 is 0. The summed E-state index contributed by atoms with van der Waals surface area (Å²) in [4.78, 5) is 10.6. The minimum atomic E-state index is 0.185. The Balaban J connectivity index is 3.83. The van der Waals surface area contributed by atoms with E-state index in [1.165, 1.54) is 0 Å². The molecule has 0 aliphatic carbocycles. The highest BCUT2D eigenvalue weighted by atomic mass is 31.0. The van der Waals surface area contributed by atoms with E-state index in [9.17, 15) is 4.79 Å². The molecule has 0 rings (SSSR count). The van der Waals surface area contributed by atoms with E-state index in [0.29, 0.717) is 6.16 Å². The number of carbonyl (C=O) groups is 1. The van der Waals surface area contributed by atoms with Crippen molar-refractivity contribution >= 4 is 24.3 Å². The van der Waals surface area contributed by atoms with Gasteiger partial charge in [-0.2, -0.15) is 0 Å². The van der Waals surface area contributed by atoms with E-state index in [1.807, 2.05) is 0 Å². The molecule has 3 heteroatoms. The molecule has 0 bridgehead atoms. The Labute approximate surface area is 54.3 Å². The molecular formula is C5H10OP2. The van der Waals surface area contributed by atoms with Crippen molar-refractivity contribution in [1.82, 2.24) is 0 Å². The van der Waals surface area contributed by atoms with Crippen LogP contribution in [0.3, 0.4) is 0 Å². The van der Waals surface area contributed by atoms with Crippen molar-refractivity contribution in [1.29, 1.82) is 0 Å². The smallest absolute Gasteiger partial charge is 0.162 e. The average Bonchev–Trinajstić information content (AvgIpc) is 1.84. The van der Waals surface area contributed by atoms with Crippen LogP contribution in [0.5, 0.6) is 0 Å². The molecule has 0 aromatic rings. The van der Waals surface area contributed by atoms with Gasteiger partial charge in [0.2, 0.25) is 0 Å². The van der Waals surface area contributed by atoms with E-state index in [1.54, 1.807) is 12.7 Å². The van der Waals surface area contributed by atoms with Crippen molar-refractivity contribution in [3.63, 3.8) is 0 Å². The standard InChI is InChI=1S/C5H10OP2/c1-4(2-7)5(6)3-8/h2H,3,7-8H2,1H3/b4-2+. The van der Waals surface area contributed by atoms with Crippen molar-refractivity contribution in [3.05, 3.63) is 11.4 Å². The summed E-state index contributed by atoms with van der Waals surface area (Å²) in [7, 11) is 4.79. The zero-order chi connectivity index (χ0) is 6.57. The molecule has 0 aliphatic heterocycles. The second-order valence-corrected chi connectivity index (χ2v) is 2.22. The van der Waals surface area contributed by atoms with Gasteiger partial charge in [-0.15, -0.1) is 18.5 Å². The molecule has 0 heterocycles. The van der Waals surface area contributed by atoms with Crippen LogP contribution in [-0.2, 0) is 4.79 Å². The molecule has 0 spiro atoms. The molecule has 0 aromatic carbocycles. The molecule has 0 radical (unpaired) electrons. The van der Waals surface area contributed by atoms with Gasteiger partial charge in [-0.3, -0.25) is 4.79 Å². The van der Waals surface area contributed by atoms with Gasteiger partial charge in [0.15, 0.2) is 5.78 Å². The second-order valence-electron chi connectivity index (χ2n) is 1.48. The first-order valence-electron chi connectivity index (χ1n) is 2.34. The number of allylic oxidation sites excluding steroid dienone is 1. The fourth-order valence-electron chi connectivity index (χ4n) is 0.254. The van der Waals surface area contributed by atoms with Gasteiger partial charge in [0.25, 0.3) is 0 Å². The van der Waals surface area contributed by atoms with E-state index in [-0.39, 0.29) is 5.78 Å². The van der Waals surface area contributed by atoms with Crippen molar-refractivity contribution in [2.75, 3.05) is 6.16 Å². The van der Waals surface area contributed by atoms with Crippen LogP contribution in [0.2, 0.25) is 0 Å². The van der Waals surface area contributed by atoms with Crippen LogP contribution in [0.25, 0.3) is 0 Å². The lowest BCUT2D eigenvalue weighted by atomic mass is 10.2. The predicted molar refractivity (Wildman–Crippen MR) is 43.1 cm³/mol. The summed E-state index contributed by atoms with van der Waals surface area (Å²) in [5, 5.41) is 0. The fraction of sp³-hybridized carbons (Fsp3) is 0.400. The normalized spacial score (nSPS) is 11.6. The molecule has 0 aromatic heterocycles. The Morgan fingerprint density at radius 2 is 2.25 bits per heavy atom. The number of rotatable bonds is 2. The lowest BCUT2D eigenvalue weighted by Crippen LogP contribution is -1.98. The van der Waals surface area contributed by atoms with Crippen molar-refractivity contribution in [2.24, 2.45) is 0 Å². The molecule has 0 N–H and O–H groups in total. The Kier molecular flexibility index (Phi) is 4.32. The molecule has 0 aliphatic rings. The number of ketones is 1. The largest absolute Gasteiger partial charge is 0.294 e. The third-order valence-electron chi connectivity index (χ3n) is 0.875. The minimum Gasteiger partial charge on any atom is -0.294 e. The lowest BCUT2D eigenvalue weighted by Gasteiger charge is -1.90. The first-order chi connectivity index (χ1) is 3.72. The van der Waals surface area contributed by atoms with Crippen LogP contribution in [0.1, 0.15) is 6.92 Å². The molecule has 46 valence electrons. The Morgan fingerprint density at radius 1 is 1.75 bits per heavy atom. The van der Waals surface area contributed by atoms with Crippen molar-refractivity contribution < 1.29 is 4.79 Å². The molecule has 0 amide bonds. The highest BCUT2D eigenvalue weighted by Crippen LogP contribution is 2.00. The summed E-state index contributed by atoms with van der Waals surface area (Å²) in [6.45, 7) is 1.80. The summed E-state index contributed by atoms with van der Waals surface area (Å²) >= 11 is 0. The van der Waals surface area contributed by atoms with Gasteiger partial charge in [-0.1, -0.05) is 5.82 Å². The summed E-state index contributed by atoms with van der Waals surface area (Å²) in [6, 6.07) is 0. The predicted octanol–water partition coefficient (Wildman–Crippen LogP) is 1.21. The Bertz CT molecular complexity index is 118. The maximum absolute atomic E-state index is 10.6. The van der Waals surface area contributed by atoms with Crippen LogP contribution in [0.4, 0.5) is 0 Å². The molecule has 2 unspecified atom stereocenters. The summed E-state index contributed by atoms with van der Waals surface area (Å²) in [5.41, 5.74) is 0.810. The molecule has 2 atom stereocenters. The highest BCUT2D eigenvalue weighted by Gasteiger charge is 1.96. The van der Waals surface area contributed by atoms with E-state index in [4.69, 9.17) is 0 Å². The third kappa shape index (κ3) is 2.55. The molecule has 0 saturated heterocycles. The van der Waals surface area contributed by atoms with Crippen LogP contribution in [0, 0.1) is 0 Å². The van der Waals surface area contributed by atoms with Crippen LogP contribution in [-0.4, -0.2) is 11.9 Å². The summed E-state index contributed by atoms with van der Waals surface area (Å²) in [5.74, 6) is 1.93.